The summed E-state index contributed by atoms with van der Waals surface area (Å²) >= 11 is 0. The van der Waals surface area contributed by atoms with E-state index in [1.165, 1.54) is 48.8 Å². The monoisotopic (exact) mass is 500 g/mol. The number of hydrogen-bond donors (Lipinski definition) is 1. The molecule has 4 nitrogen and oxygen atoms in total. The molecule has 3 aromatic rings. The predicted octanol–water partition coefficient (Wildman–Crippen LogP) is 7.45. The van der Waals surface area contributed by atoms with Crippen molar-refractivity contribution in [2.24, 2.45) is 11.8 Å². The summed E-state index contributed by atoms with van der Waals surface area (Å²) in [6, 6.07) is 25.5. The lowest BCUT2D eigenvalue weighted by atomic mass is 9.75. The zero-order valence-electron chi connectivity index (χ0n) is 22.1. The first-order valence-electron chi connectivity index (χ1n) is 13.8. The number of benzene rings is 3. The Kier molecular flexibility index (Phi) is 8.48. The molecule has 0 amide bonds. The number of aryl methyl sites for hydroxylation is 1. The molecule has 1 heterocycles. The molecule has 0 spiro atoms. The Morgan fingerprint density at radius 3 is 2.24 bits per heavy atom. The maximum atomic E-state index is 10.0. The van der Waals surface area contributed by atoms with Gasteiger partial charge in [-0.1, -0.05) is 73.5 Å². The summed E-state index contributed by atoms with van der Waals surface area (Å²) in [5.41, 5.74) is 5.15. The van der Waals surface area contributed by atoms with Gasteiger partial charge < -0.3 is 19.3 Å². The van der Waals surface area contributed by atoms with Crippen molar-refractivity contribution >= 4 is 0 Å². The van der Waals surface area contributed by atoms with E-state index in [4.69, 9.17) is 14.2 Å². The number of aromatic hydroxyl groups is 1. The molecule has 0 radical (unpaired) electrons. The maximum absolute atomic E-state index is 10.0. The number of hydrogen-bond acceptors (Lipinski definition) is 4. The first-order valence-corrected chi connectivity index (χ1v) is 13.8. The molecule has 0 aromatic heterocycles. The predicted molar refractivity (Wildman–Crippen MR) is 147 cm³/mol. The quantitative estimate of drug-likeness (QED) is 0.310. The van der Waals surface area contributed by atoms with Gasteiger partial charge in [0.15, 0.2) is 6.29 Å². The first kappa shape index (κ1) is 25.8. The van der Waals surface area contributed by atoms with E-state index in [9.17, 15) is 5.11 Å². The molecule has 1 saturated carbocycles. The van der Waals surface area contributed by atoms with Crippen molar-refractivity contribution < 1.29 is 19.3 Å². The lowest BCUT2D eigenvalue weighted by Gasteiger charge is -2.34. The van der Waals surface area contributed by atoms with Crippen molar-refractivity contribution in [3.8, 4) is 11.5 Å². The molecule has 0 bridgehead atoms. The van der Waals surface area contributed by atoms with Crippen LogP contribution in [0.2, 0.25) is 0 Å². The molecule has 0 saturated heterocycles. The minimum atomic E-state index is -0.0602. The summed E-state index contributed by atoms with van der Waals surface area (Å²) in [5.74, 6) is 3.00. The number of ether oxygens (including phenoxy) is 3. The van der Waals surface area contributed by atoms with Crippen molar-refractivity contribution in [1.82, 2.24) is 0 Å². The Morgan fingerprint density at radius 1 is 0.838 bits per heavy atom. The van der Waals surface area contributed by atoms with E-state index in [0.717, 1.165) is 36.0 Å². The van der Waals surface area contributed by atoms with Crippen LogP contribution in [0.1, 0.15) is 72.6 Å². The number of phenolic OH excluding ortho intramolecular Hbond substituents is 1. The highest BCUT2D eigenvalue weighted by Gasteiger charge is 2.33. The maximum Gasteiger partial charge on any atom is 0.157 e. The first-order chi connectivity index (χ1) is 18.1. The van der Waals surface area contributed by atoms with Crippen molar-refractivity contribution in [2.75, 3.05) is 20.8 Å². The molecule has 3 aromatic carbocycles. The van der Waals surface area contributed by atoms with Crippen molar-refractivity contribution in [1.29, 1.82) is 0 Å². The standard InChI is InChI=1S/C33H40O4/c1-35-32(36-2)20-25-12-10-23(11-13-25)8-9-24-14-16-27(17-15-24)33-29-19-18-28(34)21-31(29)37-22-30(33)26-6-4-3-5-7-26/h3-7,14-19,21,23,25,30,32-34H,8-13,20,22H2,1-2H3. The summed E-state index contributed by atoms with van der Waals surface area (Å²) in [5, 5.41) is 10.0. The molecule has 2 unspecified atom stereocenters. The van der Waals surface area contributed by atoms with Gasteiger partial charge in [0, 0.05) is 44.1 Å². The summed E-state index contributed by atoms with van der Waals surface area (Å²) in [6.45, 7) is 0.602. The fourth-order valence-electron chi connectivity index (χ4n) is 6.38. The second kappa shape index (κ2) is 12.1. The molecule has 1 fully saturated rings. The molecule has 196 valence electrons. The van der Waals surface area contributed by atoms with Crippen LogP contribution < -0.4 is 4.74 Å². The van der Waals surface area contributed by atoms with Crippen LogP contribution in [0.15, 0.2) is 72.8 Å². The van der Waals surface area contributed by atoms with Gasteiger partial charge in [-0.3, -0.25) is 0 Å². The Balaban J connectivity index is 1.24. The third-order valence-corrected chi connectivity index (χ3v) is 8.58. The van der Waals surface area contributed by atoms with Crippen LogP contribution in [0, 0.1) is 11.8 Å². The van der Waals surface area contributed by atoms with Crippen LogP contribution in [0.5, 0.6) is 11.5 Å². The van der Waals surface area contributed by atoms with Gasteiger partial charge in [-0.05, 0) is 60.3 Å². The Morgan fingerprint density at radius 2 is 1.54 bits per heavy atom. The zero-order valence-corrected chi connectivity index (χ0v) is 22.1. The van der Waals surface area contributed by atoms with Gasteiger partial charge in [0.05, 0.1) is 6.61 Å². The molecule has 2 aliphatic rings. The van der Waals surface area contributed by atoms with Crippen LogP contribution in [0.3, 0.4) is 0 Å². The van der Waals surface area contributed by atoms with E-state index in [1.807, 2.05) is 6.07 Å². The van der Waals surface area contributed by atoms with E-state index >= 15 is 0 Å². The summed E-state index contributed by atoms with van der Waals surface area (Å²) in [7, 11) is 3.47. The third kappa shape index (κ3) is 6.19. The van der Waals surface area contributed by atoms with E-state index < -0.39 is 0 Å². The van der Waals surface area contributed by atoms with Gasteiger partial charge in [-0.2, -0.15) is 0 Å². The van der Waals surface area contributed by atoms with Crippen molar-refractivity contribution in [2.45, 2.75) is 63.1 Å². The van der Waals surface area contributed by atoms with Crippen molar-refractivity contribution in [3.63, 3.8) is 0 Å². The second-order valence-corrected chi connectivity index (χ2v) is 10.8. The van der Waals surface area contributed by atoms with Gasteiger partial charge >= 0.3 is 0 Å². The highest BCUT2D eigenvalue weighted by atomic mass is 16.7. The smallest absolute Gasteiger partial charge is 0.157 e. The highest BCUT2D eigenvalue weighted by molar-refractivity contribution is 5.50. The highest BCUT2D eigenvalue weighted by Crippen LogP contribution is 2.47. The van der Waals surface area contributed by atoms with Crippen LogP contribution >= 0.6 is 0 Å². The Bertz CT molecular complexity index is 1110. The molecule has 4 heteroatoms. The zero-order chi connectivity index (χ0) is 25.6. The van der Waals surface area contributed by atoms with Gasteiger partial charge in [-0.15, -0.1) is 0 Å². The summed E-state index contributed by atoms with van der Waals surface area (Å²) in [4.78, 5) is 0. The molecule has 5 rings (SSSR count). The van der Waals surface area contributed by atoms with Crippen molar-refractivity contribution in [3.05, 3.63) is 95.1 Å². The van der Waals surface area contributed by atoms with Crippen LogP contribution in [0.25, 0.3) is 0 Å². The number of methoxy groups -OCH3 is 2. The SMILES string of the molecule is COC(CC1CCC(CCc2ccc(C3c4ccc(O)cc4OCC3c3ccccc3)cc2)CC1)OC. The normalized spacial score (nSPS) is 23.4. The fourth-order valence-corrected chi connectivity index (χ4v) is 6.38. The molecule has 2 atom stereocenters. The average Bonchev–Trinajstić information content (AvgIpc) is 2.95. The summed E-state index contributed by atoms with van der Waals surface area (Å²) in [6.07, 6.45) is 8.54. The minimum Gasteiger partial charge on any atom is -0.508 e. The lowest BCUT2D eigenvalue weighted by Crippen LogP contribution is -2.25. The topological polar surface area (TPSA) is 47.9 Å². The molecular formula is C33H40O4. The number of phenols is 1. The van der Waals surface area contributed by atoms with Crippen LogP contribution in [-0.2, 0) is 15.9 Å². The molecule has 1 aliphatic heterocycles. The molecule has 1 N–H and O–H groups in total. The Labute approximate surface area is 221 Å². The van der Waals surface area contributed by atoms with Crippen LogP contribution in [-0.4, -0.2) is 32.2 Å². The number of fused-ring (bicyclic) bond motifs is 1. The van der Waals surface area contributed by atoms with Gasteiger partial charge in [0.2, 0.25) is 0 Å². The van der Waals surface area contributed by atoms with E-state index in [2.05, 4.69) is 54.6 Å². The van der Waals surface area contributed by atoms with Gasteiger partial charge in [0.25, 0.3) is 0 Å². The molecule has 1 aliphatic carbocycles. The molecule has 37 heavy (non-hydrogen) atoms. The minimum absolute atomic E-state index is 0.0602. The van der Waals surface area contributed by atoms with E-state index in [-0.39, 0.29) is 23.9 Å². The second-order valence-electron chi connectivity index (χ2n) is 10.8. The summed E-state index contributed by atoms with van der Waals surface area (Å²) < 4.78 is 16.9. The largest absolute Gasteiger partial charge is 0.508 e. The average molecular weight is 501 g/mol. The number of rotatable bonds is 9. The van der Waals surface area contributed by atoms with Crippen LogP contribution in [0.4, 0.5) is 0 Å². The van der Waals surface area contributed by atoms with E-state index in [0.29, 0.717) is 6.61 Å². The van der Waals surface area contributed by atoms with Gasteiger partial charge in [0.1, 0.15) is 11.5 Å². The fraction of sp³-hybridized carbons (Fsp3) is 0.455. The molecular weight excluding hydrogens is 460 g/mol. The lowest BCUT2D eigenvalue weighted by molar-refractivity contribution is -0.116. The van der Waals surface area contributed by atoms with E-state index in [1.54, 1.807) is 26.4 Å². The third-order valence-electron chi connectivity index (χ3n) is 8.58. The van der Waals surface area contributed by atoms with Gasteiger partial charge in [-0.25, -0.2) is 0 Å². The Hall–Kier alpha value is -2.82.